The van der Waals surface area contributed by atoms with Crippen LogP contribution in [0.15, 0.2) is 64.5 Å². The van der Waals surface area contributed by atoms with E-state index in [1.807, 2.05) is 24.3 Å². The Balaban J connectivity index is 1.49. The van der Waals surface area contributed by atoms with E-state index in [0.29, 0.717) is 41.5 Å². The van der Waals surface area contributed by atoms with Gasteiger partial charge in [-0.25, -0.2) is 4.99 Å². The maximum Gasteiger partial charge on any atom is 0.264 e. The number of benzene rings is 3. The monoisotopic (exact) mass is 550 g/mol. The van der Waals surface area contributed by atoms with Crippen molar-refractivity contribution in [3.63, 3.8) is 0 Å². The van der Waals surface area contributed by atoms with Gasteiger partial charge in [0.25, 0.3) is 5.91 Å². The Morgan fingerprint density at radius 2 is 1.68 bits per heavy atom. The summed E-state index contributed by atoms with van der Waals surface area (Å²) < 4.78 is 5.80. The summed E-state index contributed by atoms with van der Waals surface area (Å²) in [7, 11) is 0. The molecule has 3 aromatic carbocycles. The van der Waals surface area contributed by atoms with E-state index in [4.69, 9.17) is 51.1 Å². The lowest BCUT2D eigenvalue weighted by molar-refractivity contribution is -0.115. The standard InChI is InChI=1S/C25H18Cl4N2O2S/c1-2-14-3-7-18(8-4-14)30-25-31-24(32)22(34-25)11-15-9-20(28)23(21(29)10-15)33-13-16-5-6-17(26)12-19(16)27/h3-12H,2,13H2,1H3,(H,30,31,32)/b22-11-. The second-order valence-corrected chi connectivity index (χ2v) is 10.0. The van der Waals surface area contributed by atoms with Crippen molar-refractivity contribution in [1.29, 1.82) is 0 Å². The van der Waals surface area contributed by atoms with Crippen molar-refractivity contribution in [3.05, 3.63) is 96.3 Å². The number of nitrogens with zero attached hydrogens (tertiary/aromatic N) is 1. The molecular formula is C25H18Cl4N2O2S. The Morgan fingerprint density at radius 3 is 2.32 bits per heavy atom. The second-order valence-electron chi connectivity index (χ2n) is 7.34. The van der Waals surface area contributed by atoms with Crippen LogP contribution in [0.1, 0.15) is 23.6 Å². The van der Waals surface area contributed by atoms with Crippen LogP contribution in [0, 0.1) is 0 Å². The van der Waals surface area contributed by atoms with Crippen molar-refractivity contribution >= 4 is 81.0 Å². The number of aliphatic imine (C=N–C) groups is 1. The quantitative estimate of drug-likeness (QED) is 0.313. The molecule has 0 saturated carbocycles. The number of hydrogen-bond donors (Lipinski definition) is 1. The highest BCUT2D eigenvalue weighted by Gasteiger charge is 2.24. The van der Waals surface area contributed by atoms with Crippen LogP contribution in [-0.2, 0) is 17.8 Å². The van der Waals surface area contributed by atoms with E-state index in [2.05, 4.69) is 17.2 Å². The predicted molar refractivity (Wildman–Crippen MR) is 144 cm³/mol. The molecular weight excluding hydrogens is 534 g/mol. The largest absolute Gasteiger partial charge is 0.486 e. The first kappa shape index (κ1) is 25.0. The zero-order valence-corrected chi connectivity index (χ0v) is 21.7. The lowest BCUT2D eigenvalue weighted by Gasteiger charge is -2.12. The molecule has 1 aliphatic heterocycles. The number of rotatable bonds is 6. The average Bonchev–Trinajstić information content (AvgIpc) is 3.13. The van der Waals surface area contributed by atoms with Crippen LogP contribution in [0.4, 0.5) is 5.69 Å². The van der Waals surface area contributed by atoms with Gasteiger partial charge in [0, 0.05) is 15.6 Å². The molecule has 9 heteroatoms. The van der Waals surface area contributed by atoms with Gasteiger partial charge in [-0.15, -0.1) is 0 Å². The third-order valence-corrected chi connectivity index (χ3v) is 6.99. The number of hydrogen-bond acceptors (Lipinski definition) is 4. The summed E-state index contributed by atoms with van der Waals surface area (Å²) in [6, 6.07) is 16.4. The molecule has 0 aromatic heterocycles. The SMILES string of the molecule is CCc1ccc(N=C2NC(=O)/C(=C/c3cc(Cl)c(OCc4ccc(Cl)cc4Cl)c(Cl)c3)S2)cc1. The van der Waals surface area contributed by atoms with E-state index in [1.165, 1.54) is 17.3 Å². The van der Waals surface area contributed by atoms with Crippen molar-refractivity contribution in [2.45, 2.75) is 20.0 Å². The molecule has 0 bridgehead atoms. The van der Waals surface area contributed by atoms with Gasteiger partial charge < -0.3 is 10.1 Å². The highest BCUT2D eigenvalue weighted by molar-refractivity contribution is 8.18. The topological polar surface area (TPSA) is 50.7 Å². The zero-order chi connectivity index (χ0) is 24.2. The molecule has 1 fully saturated rings. The molecule has 1 aliphatic rings. The molecule has 1 heterocycles. The number of thioether (sulfide) groups is 1. The van der Waals surface area contributed by atoms with Crippen LogP contribution in [0.2, 0.25) is 20.1 Å². The number of carbonyl (C=O) groups is 1. The summed E-state index contributed by atoms with van der Waals surface area (Å²) in [4.78, 5) is 17.4. The summed E-state index contributed by atoms with van der Waals surface area (Å²) in [5.41, 5.74) is 3.41. The van der Waals surface area contributed by atoms with Crippen molar-refractivity contribution < 1.29 is 9.53 Å². The minimum Gasteiger partial charge on any atom is -0.486 e. The number of nitrogens with one attached hydrogen (secondary N) is 1. The fourth-order valence-electron chi connectivity index (χ4n) is 3.14. The van der Waals surface area contributed by atoms with Gasteiger partial charge >= 0.3 is 0 Å². The molecule has 1 N–H and O–H groups in total. The van der Waals surface area contributed by atoms with Crippen LogP contribution in [-0.4, -0.2) is 11.1 Å². The van der Waals surface area contributed by atoms with Gasteiger partial charge in [-0.05, 0) is 71.8 Å². The van der Waals surface area contributed by atoms with Crippen LogP contribution < -0.4 is 10.1 Å². The molecule has 34 heavy (non-hydrogen) atoms. The third kappa shape index (κ3) is 6.09. The van der Waals surface area contributed by atoms with Crippen LogP contribution in [0.5, 0.6) is 5.75 Å². The van der Waals surface area contributed by atoms with E-state index >= 15 is 0 Å². The van der Waals surface area contributed by atoms with Crippen LogP contribution >= 0.6 is 58.2 Å². The predicted octanol–water partition coefficient (Wildman–Crippen LogP) is 8.33. The number of amides is 1. The molecule has 4 nitrogen and oxygen atoms in total. The number of amidine groups is 1. The highest BCUT2D eigenvalue weighted by Crippen LogP contribution is 2.37. The normalized spacial score (nSPS) is 15.7. The first-order chi connectivity index (χ1) is 16.3. The van der Waals surface area contributed by atoms with Crippen molar-refractivity contribution in [2.24, 2.45) is 4.99 Å². The van der Waals surface area contributed by atoms with E-state index in [1.54, 1.807) is 36.4 Å². The molecule has 0 aliphatic carbocycles. The highest BCUT2D eigenvalue weighted by atomic mass is 35.5. The molecule has 0 spiro atoms. The van der Waals surface area contributed by atoms with E-state index in [-0.39, 0.29) is 12.5 Å². The first-order valence-corrected chi connectivity index (χ1v) is 12.6. The van der Waals surface area contributed by atoms with Gasteiger partial charge in [0.05, 0.1) is 20.6 Å². The lowest BCUT2D eigenvalue weighted by atomic mass is 10.2. The molecule has 0 radical (unpaired) electrons. The van der Waals surface area contributed by atoms with Crippen LogP contribution in [0.25, 0.3) is 6.08 Å². The third-order valence-electron chi connectivity index (χ3n) is 4.93. The molecule has 174 valence electrons. The molecule has 0 atom stereocenters. The number of aryl methyl sites for hydroxylation is 1. The zero-order valence-electron chi connectivity index (χ0n) is 17.9. The molecule has 1 saturated heterocycles. The van der Waals surface area contributed by atoms with E-state index in [9.17, 15) is 4.79 Å². The lowest BCUT2D eigenvalue weighted by Crippen LogP contribution is -2.19. The fourth-order valence-corrected chi connectivity index (χ4v) is 5.06. The van der Waals surface area contributed by atoms with Gasteiger partial charge in [-0.1, -0.05) is 71.5 Å². The molecule has 0 unspecified atom stereocenters. The maximum atomic E-state index is 12.4. The van der Waals surface area contributed by atoms with Gasteiger partial charge in [0.2, 0.25) is 0 Å². The summed E-state index contributed by atoms with van der Waals surface area (Å²) in [5, 5.41) is 4.96. The molecule has 4 rings (SSSR count). The minimum absolute atomic E-state index is 0.174. The second kappa shape index (κ2) is 11.1. The fraction of sp³-hybridized carbons (Fsp3) is 0.120. The minimum atomic E-state index is -0.237. The van der Waals surface area contributed by atoms with Gasteiger partial charge in [-0.2, -0.15) is 0 Å². The maximum absolute atomic E-state index is 12.4. The Morgan fingerprint density at radius 1 is 0.971 bits per heavy atom. The van der Waals surface area contributed by atoms with Gasteiger partial charge in [0.1, 0.15) is 6.61 Å². The van der Waals surface area contributed by atoms with Crippen LogP contribution in [0.3, 0.4) is 0 Å². The Hall–Kier alpha value is -2.15. The number of ether oxygens (including phenoxy) is 1. The summed E-state index contributed by atoms with van der Waals surface area (Å²) in [6.45, 7) is 2.27. The van der Waals surface area contributed by atoms with Crippen molar-refractivity contribution in [3.8, 4) is 5.75 Å². The smallest absolute Gasteiger partial charge is 0.264 e. The summed E-state index contributed by atoms with van der Waals surface area (Å²) in [5.74, 6) is 0.0942. The van der Waals surface area contributed by atoms with E-state index in [0.717, 1.165) is 17.7 Å². The van der Waals surface area contributed by atoms with Crippen molar-refractivity contribution in [2.75, 3.05) is 0 Å². The average molecular weight is 552 g/mol. The molecule has 1 amide bonds. The van der Waals surface area contributed by atoms with Gasteiger partial charge in [0.15, 0.2) is 10.9 Å². The number of halogens is 4. The Kier molecular flexibility index (Phi) is 8.12. The Bertz CT molecular complexity index is 1280. The first-order valence-electron chi connectivity index (χ1n) is 10.3. The molecule has 3 aromatic rings. The summed E-state index contributed by atoms with van der Waals surface area (Å²) >= 11 is 26.2. The number of carbonyl (C=O) groups excluding carboxylic acids is 1. The van der Waals surface area contributed by atoms with Gasteiger partial charge in [-0.3, -0.25) is 4.79 Å². The summed E-state index contributed by atoms with van der Waals surface area (Å²) in [6.07, 6.45) is 2.67. The van der Waals surface area contributed by atoms with Crippen molar-refractivity contribution in [1.82, 2.24) is 5.32 Å². The van der Waals surface area contributed by atoms with E-state index < -0.39 is 0 Å². The Labute approximate surface area is 221 Å².